The highest BCUT2D eigenvalue weighted by Crippen LogP contribution is 2.20. The highest BCUT2D eigenvalue weighted by atomic mass is 35.5. The molecule has 4 heteroatoms. The minimum absolute atomic E-state index is 0.00188. The SMILES string of the molecule is O=C(CCc1ccccc1Cl)NCCOc1ccc2ccccc2c1. The number of aryl methyl sites for hydroxylation is 1. The first kappa shape index (κ1) is 17.3. The number of fused-ring (bicyclic) bond motifs is 1. The van der Waals surface area contributed by atoms with E-state index >= 15 is 0 Å². The molecule has 0 aliphatic heterocycles. The van der Waals surface area contributed by atoms with Crippen LogP contribution < -0.4 is 10.1 Å². The van der Waals surface area contributed by atoms with Crippen LogP contribution in [0.5, 0.6) is 5.75 Å². The molecular weight excluding hydrogens is 334 g/mol. The molecule has 1 N–H and O–H groups in total. The van der Waals surface area contributed by atoms with Crippen LogP contribution in [-0.4, -0.2) is 19.1 Å². The molecule has 0 aliphatic carbocycles. The van der Waals surface area contributed by atoms with Crippen LogP contribution in [0.1, 0.15) is 12.0 Å². The molecular formula is C21H20ClNO2. The lowest BCUT2D eigenvalue weighted by molar-refractivity contribution is -0.121. The Morgan fingerprint density at radius 3 is 2.56 bits per heavy atom. The van der Waals surface area contributed by atoms with Gasteiger partial charge < -0.3 is 10.1 Å². The Balaban J connectivity index is 1.40. The fourth-order valence-corrected chi connectivity index (χ4v) is 2.88. The number of benzene rings is 3. The molecule has 3 aromatic rings. The standard InChI is InChI=1S/C21H20ClNO2/c22-20-8-4-3-6-17(20)10-12-21(24)23-13-14-25-19-11-9-16-5-1-2-7-18(16)15-19/h1-9,11,15H,10,12-14H2,(H,23,24). The molecule has 0 fully saturated rings. The minimum atomic E-state index is 0.00188. The van der Waals surface area contributed by atoms with Gasteiger partial charge in [0.05, 0.1) is 6.54 Å². The maximum absolute atomic E-state index is 11.9. The molecule has 0 unspecified atom stereocenters. The fraction of sp³-hybridized carbons (Fsp3) is 0.190. The summed E-state index contributed by atoms with van der Waals surface area (Å²) in [6.45, 7) is 0.921. The summed E-state index contributed by atoms with van der Waals surface area (Å²) in [6, 6.07) is 21.7. The highest BCUT2D eigenvalue weighted by Gasteiger charge is 2.04. The Kier molecular flexibility index (Phi) is 5.91. The van der Waals surface area contributed by atoms with E-state index in [1.165, 1.54) is 5.39 Å². The largest absolute Gasteiger partial charge is 0.492 e. The Hall–Kier alpha value is -2.52. The molecule has 0 radical (unpaired) electrons. The summed E-state index contributed by atoms with van der Waals surface area (Å²) in [4.78, 5) is 11.9. The van der Waals surface area contributed by atoms with E-state index < -0.39 is 0 Å². The quantitative estimate of drug-likeness (QED) is 0.629. The molecule has 3 nitrogen and oxygen atoms in total. The van der Waals surface area contributed by atoms with Gasteiger partial charge in [0.2, 0.25) is 5.91 Å². The Morgan fingerprint density at radius 2 is 1.72 bits per heavy atom. The van der Waals surface area contributed by atoms with E-state index in [2.05, 4.69) is 17.4 Å². The van der Waals surface area contributed by atoms with Crippen molar-refractivity contribution in [2.75, 3.05) is 13.2 Å². The van der Waals surface area contributed by atoms with E-state index in [0.717, 1.165) is 16.7 Å². The summed E-state index contributed by atoms with van der Waals surface area (Å²) < 4.78 is 5.71. The predicted molar refractivity (Wildman–Crippen MR) is 102 cm³/mol. The van der Waals surface area contributed by atoms with Crippen molar-refractivity contribution in [1.29, 1.82) is 0 Å². The van der Waals surface area contributed by atoms with Crippen molar-refractivity contribution in [3.8, 4) is 5.75 Å². The van der Waals surface area contributed by atoms with Gasteiger partial charge in [-0.2, -0.15) is 0 Å². The molecule has 0 saturated heterocycles. The first-order valence-electron chi connectivity index (χ1n) is 8.34. The van der Waals surface area contributed by atoms with E-state index in [0.29, 0.717) is 31.0 Å². The molecule has 0 aliphatic rings. The first-order chi connectivity index (χ1) is 12.2. The third-order valence-corrected chi connectivity index (χ3v) is 4.36. The van der Waals surface area contributed by atoms with Crippen LogP contribution in [0.15, 0.2) is 66.7 Å². The van der Waals surface area contributed by atoms with Crippen molar-refractivity contribution in [2.24, 2.45) is 0 Å². The van der Waals surface area contributed by atoms with E-state index in [9.17, 15) is 4.79 Å². The average molecular weight is 354 g/mol. The van der Waals surface area contributed by atoms with Gasteiger partial charge >= 0.3 is 0 Å². The molecule has 0 heterocycles. The van der Waals surface area contributed by atoms with Crippen molar-refractivity contribution in [3.05, 3.63) is 77.3 Å². The second kappa shape index (κ2) is 8.54. The summed E-state index contributed by atoms with van der Waals surface area (Å²) in [6.07, 6.45) is 1.05. The lowest BCUT2D eigenvalue weighted by Gasteiger charge is -2.09. The first-order valence-corrected chi connectivity index (χ1v) is 8.72. The Bertz CT molecular complexity index is 863. The van der Waals surface area contributed by atoms with Gasteiger partial charge in [-0.15, -0.1) is 0 Å². The number of carbonyl (C=O) groups excluding carboxylic acids is 1. The van der Waals surface area contributed by atoms with Crippen molar-refractivity contribution in [1.82, 2.24) is 5.32 Å². The van der Waals surface area contributed by atoms with Crippen molar-refractivity contribution in [3.63, 3.8) is 0 Å². The van der Waals surface area contributed by atoms with Crippen LogP contribution >= 0.6 is 11.6 Å². The van der Waals surface area contributed by atoms with E-state index in [1.54, 1.807) is 0 Å². The zero-order valence-electron chi connectivity index (χ0n) is 13.9. The van der Waals surface area contributed by atoms with Gasteiger partial charge in [0.1, 0.15) is 12.4 Å². The number of carbonyl (C=O) groups is 1. The zero-order chi connectivity index (χ0) is 17.5. The normalized spacial score (nSPS) is 10.6. The van der Waals surface area contributed by atoms with Crippen molar-refractivity contribution >= 4 is 28.3 Å². The van der Waals surface area contributed by atoms with E-state index in [4.69, 9.17) is 16.3 Å². The summed E-state index contributed by atoms with van der Waals surface area (Å²) in [5.41, 5.74) is 0.992. The van der Waals surface area contributed by atoms with Crippen LogP contribution in [0.4, 0.5) is 0 Å². The number of ether oxygens (including phenoxy) is 1. The smallest absolute Gasteiger partial charge is 0.220 e. The van der Waals surface area contributed by atoms with Crippen molar-refractivity contribution in [2.45, 2.75) is 12.8 Å². The summed E-state index contributed by atoms with van der Waals surface area (Å²) in [5, 5.41) is 5.90. The van der Waals surface area contributed by atoms with Crippen LogP contribution in [-0.2, 0) is 11.2 Å². The van der Waals surface area contributed by atoms with E-state index in [1.807, 2.05) is 54.6 Å². The molecule has 0 atom stereocenters. The van der Waals surface area contributed by atoms with Gasteiger partial charge in [-0.25, -0.2) is 0 Å². The second-order valence-electron chi connectivity index (χ2n) is 5.80. The summed E-state index contributed by atoms with van der Waals surface area (Å²) >= 11 is 6.09. The van der Waals surface area contributed by atoms with Gasteiger partial charge in [-0.1, -0.05) is 60.1 Å². The van der Waals surface area contributed by atoms with Crippen LogP contribution in [0.2, 0.25) is 5.02 Å². The molecule has 0 saturated carbocycles. The molecule has 0 spiro atoms. The second-order valence-corrected chi connectivity index (χ2v) is 6.21. The van der Waals surface area contributed by atoms with Crippen LogP contribution in [0.25, 0.3) is 10.8 Å². The average Bonchev–Trinajstić information content (AvgIpc) is 2.64. The Labute approximate surface area is 152 Å². The fourth-order valence-electron chi connectivity index (χ4n) is 2.65. The topological polar surface area (TPSA) is 38.3 Å². The predicted octanol–water partition coefficient (Wildman–Crippen LogP) is 4.62. The number of rotatable bonds is 7. The minimum Gasteiger partial charge on any atom is -0.492 e. The third kappa shape index (κ3) is 4.97. The number of hydrogen-bond acceptors (Lipinski definition) is 2. The molecule has 128 valence electrons. The van der Waals surface area contributed by atoms with Crippen LogP contribution in [0, 0.1) is 0 Å². The highest BCUT2D eigenvalue weighted by molar-refractivity contribution is 6.31. The van der Waals surface area contributed by atoms with E-state index in [-0.39, 0.29) is 5.91 Å². The van der Waals surface area contributed by atoms with Gasteiger partial charge in [0.15, 0.2) is 0 Å². The van der Waals surface area contributed by atoms with Gasteiger partial charge in [-0.3, -0.25) is 4.79 Å². The summed E-state index contributed by atoms with van der Waals surface area (Å²) in [5.74, 6) is 0.811. The maximum Gasteiger partial charge on any atom is 0.220 e. The van der Waals surface area contributed by atoms with Crippen LogP contribution in [0.3, 0.4) is 0 Å². The monoisotopic (exact) mass is 353 g/mol. The zero-order valence-corrected chi connectivity index (χ0v) is 14.6. The Morgan fingerprint density at radius 1 is 0.960 bits per heavy atom. The molecule has 3 rings (SSSR count). The molecule has 1 amide bonds. The van der Waals surface area contributed by atoms with Gasteiger partial charge in [-0.05, 0) is 41.0 Å². The molecule has 0 aromatic heterocycles. The van der Waals surface area contributed by atoms with Gasteiger partial charge in [0, 0.05) is 11.4 Å². The number of hydrogen-bond donors (Lipinski definition) is 1. The number of halogens is 1. The van der Waals surface area contributed by atoms with Gasteiger partial charge in [0.25, 0.3) is 0 Å². The lowest BCUT2D eigenvalue weighted by atomic mass is 10.1. The van der Waals surface area contributed by atoms with Crippen molar-refractivity contribution < 1.29 is 9.53 Å². The maximum atomic E-state index is 11.9. The number of nitrogens with one attached hydrogen (secondary N) is 1. The summed E-state index contributed by atoms with van der Waals surface area (Å²) in [7, 11) is 0. The molecule has 25 heavy (non-hydrogen) atoms. The molecule has 3 aromatic carbocycles. The number of amides is 1. The lowest BCUT2D eigenvalue weighted by Crippen LogP contribution is -2.28. The molecule has 0 bridgehead atoms. The third-order valence-electron chi connectivity index (χ3n) is 3.99.